The number of carboxylic acids is 2. The summed E-state index contributed by atoms with van der Waals surface area (Å²) in [6.45, 7) is 0.473. The second kappa shape index (κ2) is 9.70. The van der Waals surface area contributed by atoms with Crippen LogP contribution >= 0.6 is 22.9 Å². The predicted molar refractivity (Wildman–Crippen MR) is 121 cm³/mol. The fourth-order valence-electron chi connectivity index (χ4n) is 3.09. The number of nitrogens with zero attached hydrogens (tertiary/aromatic N) is 5. The Bertz CT molecular complexity index is 1320. The van der Waals surface area contributed by atoms with E-state index in [1.54, 1.807) is 0 Å². The molecule has 0 fully saturated rings. The summed E-state index contributed by atoms with van der Waals surface area (Å²) in [6, 6.07) is 0. The van der Waals surface area contributed by atoms with Crippen molar-refractivity contribution < 1.29 is 39.5 Å². The molecule has 14 nitrogen and oxygen atoms in total. The molecule has 0 amide bonds. The number of nitrogens with two attached hydrogens (primary N) is 1. The van der Waals surface area contributed by atoms with Crippen molar-refractivity contribution >= 4 is 51.9 Å². The summed E-state index contributed by atoms with van der Waals surface area (Å²) in [5.41, 5.74) is 0.943. The molecule has 0 saturated carbocycles. The number of carboxylic acid groups (broad SMARTS) is 2. The Labute approximate surface area is 205 Å². The molecule has 0 aliphatic rings. The molecule has 186 valence electrons. The maximum atomic E-state index is 12.0. The molecule has 0 radical (unpaired) electrons. The maximum absolute atomic E-state index is 12.0. The second-order valence-corrected chi connectivity index (χ2v) is 8.46. The standard InChI is InChI=1S/C19H19ClN6O8S/c1-4-19(32,15(29)26-7-22-10-11(21)24-17(20)25-12(10)26)9(33-3)5-34-18(2,16(30)31)8-6-35-13(23-8)14(27)28/h1,6-7,9,15,29,32H,5H2,2-3H3,(H,27,28)(H,30,31)(H2,21,24,25)/t9-,15-,18?,19-/m1/s1. The minimum atomic E-state index is -2.51. The Morgan fingerprint density at radius 3 is 2.60 bits per heavy atom. The number of aliphatic hydroxyl groups is 2. The Balaban J connectivity index is 1.94. The number of imidazole rings is 1. The van der Waals surface area contributed by atoms with Gasteiger partial charge in [-0.3, -0.25) is 4.57 Å². The zero-order valence-electron chi connectivity index (χ0n) is 18.1. The quantitative estimate of drug-likeness (QED) is 0.175. The van der Waals surface area contributed by atoms with Crippen molar-refractivity contribution in [3.05, 3.63) is 27.7 Å². The van der Waals surface area contributed by atoms with Gasteiger partial charge in [0.25, 0.3) is 0 Å². The van der Waals surface area contributed by atoms with Crippen molar-refractivity contribution in [1.29, 1.82) is 0 Å². The number of aliphatic hydroxyl groups excluding tert-OH is 1. The van der Waals surface area contributed by atoms with Crippen molar-refractivity contribution in [2.45, 2.75) is 30.5 Å². The lowest BCUT2D eigenvalue weighted by Crippen LogP contribution is -2.53. The molecule has 3 rings (SSSR count). The first-order valence-corrected chi connectivity index (χ1v) is 10.8. The zero-order chi connectivity index (χ0) is 26.1. The van der Waals surface area contributed by atoms with Gasteiger partial charge in [0.15, 0.2) is 23.3 Å². The number of ether oxygens (including phenoxy) is 2. The average molecular weight is 527 g/mol. The van der Waals surface area contributed by atoms with Gasteiger partial charge in [0.05, 0.1) is 18.6 Å². The van der Waals surface area contributed by atoms with Gasteiger partial charge >= 0.3 is 11.9 Å². The average Bonchev–Trinajstić information content (AvgIpc) is 3.46. The number of aliphatic carboxylic acids is 1. The molecule has 0 aliphatic carbocycles. The van der Waals surface area contributed by atoms with Crippen LogP contribution in [0, 0.1) is 12.3 Å². The summed E-state index contributed by atoms with van der Waals surface area (Å²) >= 11 is 6.54. The number of hydrogen-bond donors (Lipinski definition) is 5. The fourth-order valence-corrected chi connectivity index (χ4v) is 4.01. The highest BCUT2D eigenvalue weighted by molar-refractivity contribution is 7.11. The molecule has 6 N–H and O–H groups in total. The second-order valence-electron chi connectivity index (χ2n) is 7.26. The Morgan fingerprint density at radius 1 is 1.37 bits per heavy atom. The molecule has 3 aromatic rings. The number of aromatic nitrogens is 5. The van der Waals surface area contributed by atoms with E-state index in [4.69, 9.17) is 38.3 Å². The van der Waals surface area contributed by atoms with E-state index in [-0.39, 0.29) is 33.0 Å². The van der Waals surface area contributed by atoms with E-state index in [0.717, 1.165) is 24.9 Å². The van der Waals surface area contributed by atoms with Gasteiger partial charge in [0.1, 0.15) is 11.6 Å². The monoisotopic (exact) mass is 526 g/mol. The van der Waals surface area contributed by atoms with Gasteiger partial charge in [-0.1, -0.05) is 5.92 Å². The Kier molecular flexibility index (Phi) is 7.26. The van der Waals surface area contributed by atoms with E-state index in [9.17, 15) is 24.9 Å². The largest absolute Gasteiger partial charge is 0.479 e. The first kappa shape index (κ1) is 26.2. The first-order valence-electron chi connectivity index (χ1n) is 9.52. The summed E-state index contributed by atoms with van der Waals surface area (Å²) in [4.78, 5) is 38.6. The molecule has 0 aromatic carbocycles. The van der Waals surface area contributed by atoms with Gasteiger partial charge in [-0.05, 0) is 18.5 Å². The van der Waals surface area contributed by atoms with Gasteiger partial charge in [-0.15, -0.1) is 17.8 Å². The summed E-state index contributed by atoms with van der Waals surface area (Å²) in [5, 5.41) is 41.7. The van der Waals surface area contributed by atoms with Crippen LogP contribution in [0.2, 0.25) is 5.28 Å². The minimum Gasteiger partial charge on any atom is -0.479 e. The number of anilines is 1. The van der Waals surface area contributed by atoms with Crippen LogP contribution in [-0.4, -0.2) is 82.3 Å². The maximum Gasteiger partial charge on any atom is 0.365 e. The molecule has 0 aliphatic heterocycles. The highest BCUT2D eigenvalue weighted by atomic mass is 35.5. The number of aromatic carboxylic acids is 1. The number of rotatable bonds is 10. The number of terminal acetylenes is 1. The Hall–Kier alpha value is -3.39. The van der Waals surface area contributed by atoms with Crippen LogP contribution < -0.4 is 5.73 Å². The third-order valence-electron chi connectivity index (χ3n) is 5.19. The number of methoxy groups -OCH3 is 1. The third kappa shape index (κ3) is 4.62. The number of fused-ring (bicyclic) bond motifs is 1. The molecule has 16 heteroatoms. The molecule has 3 heterocycles. The SMILES string of the molecule is C#C[C@@](O)([C@@H](COC(C)(C(=O)O)c1csc(C(=O)O)n1)OC)[C@@H](O)n1cnc2c(N)nc(Cl)nc21. The van der Waals surface area contributed by atoms with Gasteiger partial charge in [-0.2, -0.15) is 9.97 Å². The van der Waals surface area contributed by atoms with Crippen molar-refractivity contribution in [3.8, 4) is 12.3 Å². The molecular formula is C19H19ClN6O8S. The molecule has 35 heavy (non-hydrogen) atoms. The molecule has 1 unspecified atom stereocenters. The molecule has 0 spiro atoms. The minimum absolute atomic E-state index is 0.0431. The van der Waals surface area contributed by atoms with Crippen LogP contribution in [-0.2, 0) is 19.9 Å². The van der Waals surface area contributed by atoms with Crippen molar-refractivity contribution in [3.63, 3.8) is 0 Å². The van der Waals surface area contributed by atoms with Crippen LogP contribution in [0.25, 0.3) is 11.2 Å². The Morgan fingerprint density at radius 2 is 2.06 bits per heavy atom. The van der Waals surface area contributed by atoms with E-state index < -0.39 is 42.1 Å². The van der Waals surface area contributed by atoms with Gasteiger partial charge in [0.2, 0.25) is 15.9 Å². The van der Waals surface area contributed by atoms with E-state index in [0.29, 0.717) is 11.3 Å². The number of thiazole rings is 1. The van der Waals surface area contributed by atoms with Crippen LogP contribution in [0.5, 0.6) is 0 Å². The number of carbonyl (C=O) groups is 2. The predicted octanol–water partition coefficient (Wildman–Crippen LogP) is 0.103. The van der Waals surface area contributed by atoms with Crippen LogP contribution in [0.1, 0.15) is 28.6 Å². The van der Waals surface area contributed by atoms with Gasteiger partial charge in [0, 0.05) is 12.5 Å². The van der Waals surface area contributed by atoms with Crippen molar-refractivity contribution in [2.24, 2.45) is 0 Å². The lowest BCUT2D eigenvalue weighted by molar-refractivity contribution is -0.193. The van der Waals surface area contributed by atoms with Crippen LogP contribution in [0.3, 0.4) is 0 Å². The summed E-state index contributed by atoms with van der Waals surface area (Å²) < 4.78 is 11.8. The first-order chi connectivity index (χ1) is 16.4. The number of halogens is 1. The topological polar surface area (TPSA) is 216 Å². The molecular weight excluding hydrogens is 508 g/mol. The van der Waals surface area contributed by atoms with Crippen LogP contribution in [0.15, 0.2) is 11.7 Å². The lowest BCUT2D eigenvalue weighted by atomic mass is 9.94. The number of hydrogen-bond acceptors (Lipinski definition) is 12. The highest BCUT2D eigenvalue weighted by Crippen LogP contribution is 2.33. The van der Waals surface area contributed by atoms with E-state index >= 15 is 0 Å². The third-order valence-corrected chi connectivity index (χ3v) is 6.19. The summed E-state index contributed by atoms with van der Waals surface area (Å²) in [6.07, 6.45) is 3.18. The van der Waals surface area contributed by atoms with Crippen LogP contribution in [0.4, 0.5) is 5.82 Å². The zero-order valence-corrected chi connectivity index (χ0v) is 19.7. The molecule has 3 aromatic heterocycles. The molecule has 4 atom stereocenters. The van der Waals surface area contributed by atoms with E-state index in [2.05, 4.69) is 19.9 Å². The summed E-state index contributed by atoms with van der Waals surface area (Å²) in [5.74, 6) is -0.879. The lowest BCUT2D eigenvalue weighted by Gasteiger charge is -2.36. The van der Waals surface area contributed by atoms with Crippen molar-refractivity contribution in [2.75, 3.05) is 19.5 Å². The number of nitrogen functional groups attached to an aromatic ring is 1. The smallest absolute Gasteiger partial charge is 0.365 e. The van der Waals surface area contributed by atoms with Gasteiger partial charge < -0.3 is 35.6 Å². The summed E-state index contributed by atoms with van der Waals surface area (Å²) in [7, 11) is 1.15. The van der Waals surface area contributed by atoms with E-state index in [1.807, 2.05) is 5.92 Å². The molecule has 0 saturated heterocycles. The fraction of sp³-hybridized carbons (Fsp3) is 0.368. The van der Waals surface area contributed by atoms with E-state index in [1.165, 1.54) is 5.38 Å². The molecule has 0 bridgehead atoms. The van der Waals surface area contributed by atoms with Crippen molar-refractivity contribution in [1.82, 2.24) is 24.5 Å². The highest BCUT2D eigenvalue weighted by Gasteiger charge is 2.47. The normalized spacial score (nSPS) is 16.7. The van der Waals surface area contributed by atoms with Gasteiger partial charge in [-0.25, -0.2) is 19.6 Å².